The molecule has 3 N–H and O–H groups in total. The molecule has 34 heavy (non-hydrogen) atoms. The van der Waals surface area contributed by atoms with Crippen molar-refractivity contribution in [2.75, 3.05) is 31.6 Å². The van der Waals surface area contributed by atoms with Crippen LogP contribution in [0.15, 0.2) is 36.4 Å². The van der Waals surface area contributed by atoms with E-state index in [-0.39, 0.29) is 22.9 Å². The highest BCUT2D eigenvalue weighted by Gasteiger charge is 2.45. The third-order valence-corrected chi connectivity index (χ3v) is 7.69. The molecular formula is C28H39N3O3. The zero-order chi connectivity index (χ0) is 24.1. The minimum Gasteiger partial charge on any atom is -0.508 e. The van der Waals surface area contributed by atoms with E-state index in [9.17, 15) is 15.0 Å². The first-order chi connectivity index (χ1) is 16.4. The number of para-hydroxylation sites is 1. The van der Waals surface area contributed by atoms with Gasteiger partial charge in [0, 0.05) is 30.4 Å². The molecule has 0 unspecified atom stereocenters. The first kappa shape index (κ1) is 24.6. The molecule has 1 saturated heterocycles. The average Bonchev–Trinajstić information content (AvgIpc) is 3.14. The molecule has 0 atom stereocenters. The minimum atomic E-state index is 0.0552. The smallest absolute Gasteiger partial charge is 0.238 e. The van der Waals surface area contributed by atoms with Gasteiger partial charge in [-0.25, -0.2) is 0 Å². The summed E-state index contributed by atoms with van der Waals surface area (Å²) in [7, 11) is 0. The van der Waals surface area contributed by atoms with E-state index in [0.29, 0.717) is 6.54 Å². The lowest BCUT2D eigenvalue weighted by Crippen LogP contribution is -2.48. The van der Waals surface area contributed by atoms with Crippen LogP contribution in [0.1, 0.15) is 62.6 Å². The fourth-order valence-electron chi connectivity index (χ4n) is 5.86. The number of aryl methyl sites for hydroxylation is 2. The van der Waals surface area contributed by atoms with Crippen LogP contribution in [-0.2, 0) is 24.1 Å². The van der Waals surface area contributed by atoms with Crippen LogP contribution >= 0.6 is 0 Å². The van der Waals surface area contributed by atoms with E-state index in [2.05, 4.69) is 47.2 Å². The summed E-state index contributed by atoms with van der Waals surface area (Å²) in [5.74, 6) is 0.285. The lowest BCUT2D eigenvalue weighted by Gasteiger charge is -2.40. The van der Waals surface area contributed by atoms with Crippen LogP contribution in [0.25, 0.3) is 0 Å². The molecule has 0 radical (unpaired) electrons. The van der Waals surface area contributed by atoms with Crippen molar-refractivity contribution in [3.8, 4) is 11.5 Å². The van der Waals surface area contributed by atoms with Crippen molar-refractivity contribution >= 4 is 11.6 Å². The molecule has 1 aliphatic heterocycles. The van der Waals surface area contributed by atoms with E-state index in [1.807, 2.05) is 0 Å². The van der Waals surface area contributed by atoms with Gasteiger partial charge in [0.1, 0.15) is 11.5 Å². The molecule has 2 aromatic rings. The largest absolute Gasteiger partial charge is 0.508 e. The minimum absolute atomic E-state index is 0.0552. The number of amides is 1. The van der Waals surface area contributed by atoms with Gasteiger partial charge in [0.15, 0.2) is 0 Å². The second-order valence-corrected chi connectivity index (χ2v) is 9.95. The highest BCUT2D eigenvalue weighted by atomic mass is 16.3. The van der Waals surface area contributed by atoms with Crippen LogP contribution in [-0.4, -0.2) is 57.8 Å². The molecule has 1 amide bonds. The molecule has 0 aromatic heterocycles. The molecule has 1 spiro atoms. The Bertz CT molecular complexity index is 978. The molecule has 184 valence electrons. The van der Waals surface area contributed by atoms with Gasteiger partial charge in [-0.2, -0.15) is 0 Å². The number of nitrogens with one attached hydrogen (secondary N) is 1. The Morgan fingerprint density at radius 1 is 1.00 bits per heavy atom. The number of aromatic hydroxyl groups is 2. The van der Waals surface area contributed by atoms with Gasteiger partial charge in [-0.05, 0) is 54.9 Å². The molecule has 6 heteroatoms. The lowest BCUT2D eigenvalue weighted by atomic mass is 9.81. The molecule has 0 bridgehead atoms. The number of benzene rings is 2. The highest BCUT2D eigenvalue weighted by Crippen LogP contribution is 2.39. The highest BCUT2D eigenvalue weighted by molar-refractivity contribution is 5.93. The van der Waals surface area contributed by atoms with Crippen LogP contribution in [0, 0.1) is 0 Å². The van der Waals surface area contributed by atoms with Crippen molar-refractivity contribution in [3.63, 3.8) is 0 Å². The molecule has 1 saturated carbocycles. The fourth-order valence-corrected chi connectivity index (χ4v) is 5.86. The summed E-state index contributed by atoms with van der Waals surface area (Å²) in [6.45, 7) is 7.16. The summed E-state index contributed by atoms with van der Waals surface area (Å²) < 4.78 is 0. The monoisotopic (exact) mass is 465 g/mol. The number of phenolic OH excluding ortho intramolecular Hbond substituents is 2. The van der Waals surface area contributed by atoms with Gasteiger partial charge >= 0.3 is 0 Å². The predicted octanol–water partition coefficient (Wildman–Crippen LogP) is 4.68. The van der Waals surface area contributed by atoms with Crippen molar-refractivity contribution in [1.29, 1.82) is 0 Å². The summed E-state index contributed by atoms with van der Waals surface area (Å²) in [6, 6.07) is 11.1. The maximum atomic E-state index is 13.1. The van der Waals surface area contributed by atoms with Gasteiger partial charge in [-0.3, -0.25) is 14.6 Å². The Labute approximate surface area is 203 Å². The maximum Gasteiger partial charge on any atom is 0.238 e. The van der Waals surface area contributed by atoms with Crippen molar-refractivity contribution in [2.45, 2.75) is 70.8 Å². The molecule has 2 fully saturated rings. The van der Waals surface area contributed by atoms with E-state index < -0.39 is 0 Å². The molecule has 4 rings (SSSR count). The quantitative estimate of drug-likeness (QED) is 0.528. The Morgan fingerprint density at radius 2 is 1.71 bits per heavy atom. The number of hydrogen-bond acceptors (Lipinski definition) is 5. The van der Waals surface area contributed by atoms with E-state index in [1.165, 1.54) is 36.5 Å². The van der Waals surface area contributed by atoms with Crippen molar-refractivity contribution in [2.24, 2.45) is 0 Å². The molecule has 6 nitrogen and oxygen atoms in total. The third-order valence-electron chi connectivity index (χ3n) is 7.69. The van der Waals surface area contributed by atoms with Gasteiger partial charge in [-0.15, -0.1) is 0 Å². The number of anilines is 1. The van der Waals surface area contributed by atoms with Crippen LogP contribution in [0.2, 0.25) is 0 Å². The predicted molar refractivity (Wildman–Crippen MR) is 136 cm³/mol. The van der Waals surface area contributed by atoms with Gasteiger partial charge < -0.3 is 15.5 Å². The molecular weight excluding hydrogens is 426 g/mol. The first-order valence-corrected chi connectivity index (χ1v) is 12.8. The summed E-state index contributed by atoms with van der Waals surface area (Å²) >= 11 is 0. The van der Waals surface area contributed by atoms with Gasteiger partial charge in [0.05, 0.1) is 13.2 Å². The number of phenols is 2. The van der Waals surface area contributed by atoms with Crippen molar-refractivity contribution < 1.29 is 15.0 Å². The van der Waals surface area contributed by atoms with Crippen LogP contribution in [0.3, 0.4) is 0 Å². The Balaban J connectivity index is 1.43. The normalized spacial score (nSPS) is 18.4. The third kappa shape index (κ3) is 5.39. The van der Waals surface area contributed by atoms with E-state index in [0.717, 1.165) is 63.1 Å². The molecule has 1 heterocycles. The van der Waals surface area contributed by atoms with E-state index in [4.69, 9.17) is 0 Å². The van der Waals surface area contributed by atoms with Crippen LogP contribution in [0.5, 0.6) is 11.5 Å². The number of carbonyl (C=O) groups excluding carboxylic acids is 1. The second kappa shape index (κ2) is 10.8. The average molecular weight is 466 g/mol. The Kier molecular flexibility index (Phi) is 7.79. The van der Waals surface area contributed by atoms with Crippen molar-refractivity contribution in [1.82, 2.24) is 9.80 Å². The summed E-state index contributed by atoms with van der Waals surface area (Å²) in [4.78, 5) is 17.9. The number of hydrogen-bond donors (Lipinski definition) is 3. The standard InChI is InChI=1S/C28H39N3O3/c1-3-21-9-8-10-22(4-2)27(21)29-26(34)18-30-19-28(14-6-5-7-15-28)31(20-30)16-13-23-11-12-24(32)17-25(23)33/h8-12,17,32-33H,3-7,13-16,18-20H2,1-2H3,(H,29,34). The SMILES string of the molecule is CCc1cccc(CC)c1NC(=O)CN1CN(CCc2ccc(O)cc2O)C2(CCCCC2)C1. The van der Waals surface area contributed by atoms with Gasteiger partial charge in [0.2, 0.25) is 5.91 Å². The zero-order valence-electron chi connectivity index (χ0n) is 20.6. The Morgan fingerprint density at radius 3 is 2.35 bits per heavy atom. The zero-order valence-corrected chi connectivity index (χ0v) is 20.6. The Hall–Kier alpha value is -2.57. The second-order valence-electron chi connectivity index (χ2n) is 9.95. The first-order valence-electron chi connectivity index (χ1n) is 12.8. The molecule has 1 aliphatic carbocycles. The van der Waals surface area contributed by atoms with Crippen LogP contribution < -0.4 is 5.32 Å². The fraction of sp³-hybridized carbons (Fsp3) is 0.536. The maximum absolute atomic E-state index is 13.1. The number of carbonyl (C=O) groups is 1. The van der Waals surface area contributed by atoms with Gasteiger partial charge in [0.25, 0.3) is 0 Å². The lowest BCUT2D eigenvalue weighted by molar-refractivity contribution is -0.117. The summed E-state index contributed by atoms with van der Waals surface area (Å²) in [5, 5.41) is 23.0. The number of nitrogens with zero attached hydrogens (tertiary/aromatic N) is 2. The van der Waals surface area contributed by atoms with E-state index >= 15 is 0 Å². The summed E-state index contributed by atoms with van der Waals surface area (Å²) in [6.07, 6.45) is 8.56. The molecule has 2 aliphatic rings. The molecule has 2 aromatic carbocycles. The van der Waals surface area contributed by atoms with Gasteiger partial charge in [-0.1, -0.05) is 57.4 Å². The topological polar surface area (TPSA) is 76.0 Å². The summed E-state index contributed by atoms with van der Waals surface area (Å²) in [5.41, 5.74) is 4.33. The van der Waals surface area contributed by atoms with Crippen molar-refractivity contribution in [3.05, 3.63) is 53.1 Å². The van der Waals surface area contributed by atoms with Crippen LogP contribution in [0.4, 0.5) is 5.69 Å². The number of rotatable bonds is 8. The van der Waals surface area contributed by atoms with E-state index in [1.54, 1.807) is 12.1 Å².